The van der Waals surface area contributed by atoms with Gasteiger partial charge in [-0.3, -0.25) is 0 Å². The second-order valence-electron chi connectivity index (χ2n) is 7.73. The van der Waals surface area contributed by atoms with Crippen molar-refractivity contribution in [2.75, 3.05) is 13.7 Å². The third-order valence-corrected chi connectivity index (χ3v) is 7.16. The Hall–Kier alpha value is -4.03. The summed E-state index contributed by atoms with van der Waals surface area (Å²) in [7, 11) is -2.09. The molecule has 0 saturated carbocycles. The molecule has 0 aliphatic carbocycles. The van der Waals surface area contributed by atoms with Gasteiger partial charge in [0.05, 0.1) is 23.5 Å². The number of benzene rings is 4. The molecule has 0 heterocycles. The van der Waals surface area contributed by atoms with Gasteiger partial charge in [0.1, 0.15) is 23.0 Å². The maximum absolute atomic E-state index is 12.9. The first-order valence-corrected chi connectivity index (χ1v) is 12.6. The monoisotopic (exact) mass is 486 g/mol. The van der Waals surface area contributed by atoms with Crippen LogP contribution in [0, 0.1) is 0 Å². The molecule has 0 saturated heterocycles. The van der Waals surface area contributed by atoms with E-state index >= 15 is 0 Å². The molecule has 0 aliphatic heterocycles. The van der Waals surface area contributed by atoms with E-state index < -0.39 is 9.84 Å². The quantitative estimate of drug-likeness (QED) is 0.179. The van der Waals surface area contributed by atoms with Crippen LogP contribution >= 0.6 is 0 Å². The fraction of sp³-hybridized carbons (Fsp3) is 0.103. The predicted molar refractivity (Wildman–Crippen MR) is 137 cm³/mol. The summed E-state index contributed by atoms with van der Waals surface area (Å²) in [6.45, 7) is 4.31. The van der Waals surface area contributed by atoms with Crippen molar-refractivity contribution < 1.29 is 22.6 Å². The largest absolute Gasteiger partial charge is 0.497 e. The van der Waals surface area contributed by atoms with E-state index in [9.17, 15) is 8.42 Å². The summed E-state index contributed by atoms with van der Waals surface area (Å²) < 4.78 is 42.4. The summed E-state index contributed by atoms with van der Waals surface area (Å²) in [6, 6.07) is 28.3. The van der Waals surface area contributed by atoms with Gasteiger partial charge in [-0.2, -0.15) is 0 Å². The van der Waals surface area contributed by atoms with Gasteiger partial charge in [-0.25, -0.2) is 8.42 Å². The molecule has 5 nitrogen and oxygen atoms in total. The normalized spacial score (nSPS) is 11.0. The van der Waals surface area contributed by atoms with E-state index in [-0.39, 0.29) is 9.79 Å². The third-order valence-electron chi connectivity index (χ3n) is 5.37. The molecule has 4 aromatic carbocycles. The maximum atomic E-state index is 12.9. The van der Waals surface area contributed by atoms with Crippen LogP contribution in [0.5, 0.6) is 23.0 Å². The molecular weight excluding hydrogens is 460 g/mol. The highest BCUT2D eigenvalue weighted by Gasteiger charge is 2.17. The Bertz CT molecular complexity index is 1360. The van der Waals surface area contributed by atoms with Crippen molar-refractivity contribution in [2.45, 2.75) is 16.2 Å². The van der Waals surface area contributed by atoms with Crippen LogP contribution in [-0.2, 0) is 9.84 Å². The number of sulfone groups is 1. The Morgan fingerprint density at radius 2 is 1.09 bits per heavy atom. The summed E-state index contributed by atoms with van der Waals surface area (Å²) >= 11 is 0. The average Bonchev–Trinajstić information content (AvgIpc) is 2.90. The van der Waals surface area contributed by atoms with Gasteiger partial charge in [-0.1, -0.05) is 30.3 Å². The molecule has 0 fully saturated rings. The standard InChI is InChI=1S/C29H26O5S/c1-3-4-21-33-25-9-5-22(6-10-25)23-7-11-26(12-8-23)34-27-15-19-29(20-16-27)35(30,31)28-17-13-24(32-2)14-18-28/h3,5-20H,1,4,21H2,2H3. The highest BCUT2D eigenvalue weighted by molar-refractivity contribution is 7.91. The minimum atomic E-state index is -3.62. The van der Waals surface area contributed by atoms with Gasteiger partial charge in [0.15, 0.2) is 0 Å². The molecule has 0 unspecified atom stereocenters. The summed E-state index contributed by atoms with van der Waals surface area (Å²) in [6.07, 6.45) is 2.64. The lowest BCUT2D eigenvalue weighted by atomic mass is 10.1. The molecule has 0 bridgehead atoms. The summed E-state index contributed by atoms with van der Waals surface area (Å²) in [5, 5.41) is 0. The minimum Gasteiger partial charge on any atom is -0.497 e. The second-order valence-corrected chi connectivity index (χ2v) is 9.68. The Kier molecular flexibility index (Phi) is 7.53. The zero-order chi connectivity index (χ0) is 24.7. The van der Waals surface area contributed by atoms with E-state index in [1.807, 2.05) is 54.6 Å². The Labute approximate surface area is 206 Å². The summed E-state index contributed by atoms with van der Waals surface area (Å²) in [5.74, 6) is 2.63. The number of hydrogen-bond acceptors (Lipinski definition) is 5. The Morgan fingerprint density at radius 3 is 1.54 bits per heavy atom. The van der Waals surface area contributed by atoms with Crippen molar-refractivity contribution >= 4 is 9.84 Å². The van der Waals surface area contributed by atoms with Crippen molar-refractivity contribution in [3.8, 4) is 34.1 Å². The lowest BCUT2D eigenvalue weighted by Crippen LogP contribution is -2.01. The van der Waals surface area contributed by atoms with E-state index in [1.165, 1.54) is 19.2 Å². The lowest BCUT2D eigenvalue weighted by molar-refractivity contribution is 0.325. The molecule has 0 N–H and O–H groups in total. The van der Waals surface area contributed by atoms with E-state index in [1.54, 1.807) is 36.4 Å². The van der Waals surface area contributed by atoms with Crippen molar-refractivity contribution in [1.82, 2.24) is 0 Å². The molecule has 0 amide bonds. The van der Waals surface area contributed by atoms with Crippen LogP contribution in [-0.4, -0.2) is 22.1 Å². The second kappa shape index (κ2) is 10.9. The molecule has 35 heavy (non-hydrogen) atoms. The van der Waals surface area contributed by atoms with Crippen LogP contribution < -0.4 is 14.2 Å². The molecule has 4 rings (SSSR count). The average molecular weight is 487 g/mol. The minimum absolute atomic E-state index is 0.197. The van der Waals surface area contributed by atoms with Crippen LogP contribution in [0.15, 0.2) is 120 Å². The Morgan fingerprint density at radius 1 is 0.657 bits per heavy atom. The molecule has 4 aromatic rings. The van der Waals surface area contributed by atoms with Gasteiger partial charge in [0.25, 0.3) is 0 Å². The smallest absolute Gasteiger partial charge is 0.206 e. The number of methoxy groups -OCH3 is 1. The first-order valence-electron chi connectivity index (χ1n) is 11.1. The lowest BCUT2D eigenvalue weighted by Gasteiger charge is -2.10. The third kappa shape index (κ3) is 5.91. The molecule has 178 valence electrons. The Balaban J connectivity index is 1.41. The molecule has 0 aliphatic rings. The molecule has 0 aromatic heterocycles. The highest BCUT2D eigenvalue weighted by atomic mass is 32.2. The fourth-order valence-corrected chi connectivity index (χ4v) is 4.69. The van der Waals surface area contributed by atoms with Crippen molar-refractivity contribution in [3.63, 3.8) is 0 Å². The SMILES string of the molecule is C=CCCOc1ccc(-c2ccc(Oc3ccc(S(=O)(=O)c4ccc(OC)cc4)cc3)cc2)cc1. The van der Waals surface area contributed by atoms with Crippen LogP contribution in [0.4, 0.5) is 0 Å². The summed E-state index contributed by atoms with van der Waals surface area (Å²) in [4.78, 5) is 0.404. The van der Waals surface area contributed by atoms with Gasteiger partial charge in [-0.05, 0) is 90.3 Å². The zero-order valence-corrected chi connectivity index (χ0v) is 20.2. The molecule has 6 heteroatoms. The summed E-state index contributed by atoms with van der Waals surface area (Å²) in [5.41, 5.74) is 2.12. The van der Waals surface area contributed by atoms with Crippen molar-refractivity contribution in [3.05, 3.63) is 110 Å². The van der Waals surface area contributed by atoms with Crippen LogP contribution in [0.1, 0.15) is 6.42 Å². The first-order chi connectivity index (χ1) is 17.0. The number of rotatable bonds is 10. The van der Waals surface area contributed by atoms with Crippen molar-refractivity contribution in [1.29, 1.82) is 0 Å². The van der Waals surface area contributed by atoms with Gasteiger partial charge < -0.3 is 14.2 Å². The molecule has 0 radical (unpaired) electrons. The van der Waals surface area contributed by atoms with E-state index in [2.05, 4.69) is 6.58 Å². The van der Waals surface area contributed by atoms with Gasteiger partial charge in [0.2, 0.25) is 9.84 Å². The fourth-order valence-electron chi connectivity index (χ4n) is 3.43. The van der Waals surface area contributed by atoms with Crippen LogP contribution in [0.2, 0.25) is 0 Å². The first kappa shape index (κ1) is 24.1. The predicted octanol–water partition coefficient (Wildman–Crippen LogP) is 6.94. The maximum Gasteiger partial charge on any atom is 0.206 e. The van der Waals surface area contributed by atoms with E-state index in [4.69, 9.17) is 14.2 Å². The van der Waals surface area contributed by atoms with Gasteiger partial charge >= 0.3 is 0 Å². The molecular formula is C29H26O5S. The topological polar surface area (TPSA) is 61.8 Å². The highest BCUT2D eigenvalue weighted by Crippen LogP contribution is 2.29. The number of hydrogen-bond donors (Lipinski definition) is 0. The molecule has 0 atom stereocenters. The van der Waals surface area contributed by atoms with Gasteiger partial charge in [-0.15, -0.1) is 6.58 Å². The van der Waals surface area contributed by atoms with Crippen LogP contribution in [0.25, 0.3) is 11.1 Å². The molecule has 0 spiro atoms. The number of ether oxygens (including phenoxy) is 3. The van der Waals surface area contributed by atoms with Gasteiger partial charge in [0, 0.05) is 0 Å². The van der Waals surface area contributed by atoms with Crippen molar-refractivity contribution in [2.24, 2.45) is 0 Å². The zero-order valence-electron chi connectivity index (χ0n) is 19.4. The van der Waals surface area contributed by atoms with E-state index in [0.29, 0.717) is 23.9 Å². The van der Waals surface area contributed by atoms with E-state index in [0.717, 1.165) is 23.3 Å². The van der Waals surface area contributed by atoms with Crippen LogP contribution in [0.3, 0.4) is 0 Å².